The molecule has 2 rings (SSSR count). The summed E-state index contributed by atoms with van der Waals surface area (Å²) in [5.41, 5.74) is 2.12. The van der Waals surface area contributed by atoms with Crippen molar-refractivity contribution in [2.75, 3.05) is 13.7 Å². The lowest BCUT2D eigenvalue weighted by Gasteiger charge is -2.25. The SMILES string of the molecule is COC[C@@H]1O[C@](C)(c2ccccc2)C=C1C. The molecule has 1 heterocycles. The summed E-state index contributed by atoms with van der Waals surface area (Å²) < 4.78 is 11.2. The number of hydrogen-bond acceptors (Lipinski definition) is 2. The van der Waals surface area contributed by atoms with Crippen LogP contribution in [-0.4, -0.2) is 19.8 Å². The first kappa shape index (κ1) is 11.4. The summed E-state index contributed by atoms with van der Waals surface area (Å²) in [6.07, 6.45) is 2.27. The normalized spacial score (nSPS) is 29.2. The average molecular weight is 218 g/mol. The van der Waals surface area contributed by atoms with E-state index in [0.717, 1.165) is 0 Å². The fourth-order valence-electron chi connectivity index (χ4n) is 2.19. The Labute approximate surface area is 96.9 Å². The number of ether oxygens (including phenoxy) is 2. The Balaban J connectivity index is 2.24. The van der Waals surface area contributed by atoms with Crippen LogP contribution in [0.4, 0.5) is 0 Å². The third kappa shape index (κ3) is 2.04. The molecule has 1 aromatic rings. The zero-order valence-electron chi connectivity index (χ0n) is 10.1. The van der Waals surface area contributed by atoms with E-state index in [2.05, 4.69) is 32.1 Å². The maximum Gasteiger partial charge on any atom is 0.110 e. The third-order valence-corrected chi connectivity index (χ3v) is 3.06. The van der Waals surface area contributed by atoms with Gasteiger partial charge < -0.3 is 9.47 Å². The highest BCUT2D eigenvalue weighted by Crippen LogP contribution is 2.36. The maximum atomic E-state index is 6.07. The monoisotopic (exact) mass is 218 g/mol. The van der Waals surface area contributed by atoms with Crippen molar-refractivity contribution in [2.45, 2.75) is 25.6 Å². The quantitative estimate of drug-likeness (QED) is 0.726. The molecule has 0 bridgehead atoms. The van der Waals surface area contributed by atoms with E-state index >= 15 is 0 Å². The Bertz CT molecular complexity index is 383. The smallest absolute Gasteiger partial charge is 0.110 e. The Hall–Kier alpha value is -1.12. The van der Waals surface area contributed by atoms with Crippen molar-refractivity contribution < 1.29 is 9.47 Å². The van der Waals surface area contributed by atoms with Gasteiger partial charge in [-0.05, 0) is 31.1 Å². The van der Waals surface area contributed by atoms with Crippen LogP contribution in [0.25, 0.3) is 0 Å². The number of methoxy groups -OCH3 is 1. The van der Waals surface area contributed by atoms with Crippen molar-refractivity contribution in [3.63, 3.8) is 0 Å². The largest absolute Gasteiger partial charge is 0.382 e. The van der Waals surface area contributed by atoms with Gasteiger partial charge in [-0.3, -0.25) is 0 Å². The first-order valence-corrected chi connectivity index (χ1v) is 5.57. The average Bonchev–Trinajstić information content (AvgIpc) is 2.57. The molecule has 0 N–H and O–H groups in total. The highest BCUT2D eigenvalue weighted by atomic mass is 16.5. The predicted molar refractivity (Wildman–Crippen MR) is 64.3 cm³/mol. The van der Waals surface area contributed by atoms with E-state index in [0.29, 0.717) is 6.61 Å². The second-order valence-corrected chi connectivity index (χ2v) is 4.42. The van der Waals surface area contributed by atoms with Crippen molar-refractivity contribution in [3.8, 4) is 0 Å². The molecule has 0 radical (unpaired) electrons. The number of benzene rings is 1. The molecule has 0 aliphatic carbocycles. The molecule has 1 aliphatic rings. The Morgan fingerprint density at radius 3 is 2.62 bits per heavy atom. The van der Waals surface area contributed by atoms with Gasteiger partial charge in [0.1, 0.15) is 11.7 Å². The van der Waals surface area contributed by atoms with Crippen LogP contribution in [0.2, 0.25) is 0 Å². The first-order valence-electron chi connectivity index (χ1n) is 5.57. The third-order valence-electron chi connectivity index (χ3n) is 3.06. The Morgan fingerprint density at radius 1 is 1.31 bits per heavy atom. The van der Waals surface area contributed by atoms with Gasteiger partial charge in [-0.15, -0.1) is 0 Å². The van der Waals surface area contributed by atoms with Crippen LogP contribution in [-0.2, 0) is 15.1 Å². The van der Waals surface area contributed by atoms with E-state index in [4.69, 9.17) is 9.47 Å². The highest BCUT2D eigenvalue weighted by Gasteiger charge is 2.35. The zero-order chi connectivity index (χ0) is 11.6. The van der Waals surface area contributed by atoms with Crippen molar-refractivity contribution >= 4 is 0 Å². The molecule has 1 aliphatic heterocycles. The Kier molecular flexibility index (Phi) is 3.13. The lowest BCUT2D eigenvalue weighted by atomic mass is 9.95. The van der Waals surface area contributed by atoms with Crippen molar-refractivity contribution in [1.82, 2.24) is 0 Å². The minimum atomic E-state index is -0.311. The second-order valence-electron chi connectivity index (χ2n) is 4.42. The van der Waals surface area contributed by atoms with Crippen molar-refractivity contribution in [1.29, 1.82) is 0 Å². The fourth-order valence-corrected chi connectivity index (χ4v) is 2.19. The van der Waals surface area contributed by atoms with Crippen LogP contribution < -0.4 is 0 Å². The summed E-state index contributed by atoms with van der Waals surface area (Å²) in [6.45, 7) is 4.81. The minimum absolute atomic E-state index is 0.0789. The van der Waals surface area contributed by atoms with Gasteiger partial charge in [-0.1, -0.05) is 30.3 Å². The predicted octanol–water partition coefficient (Wildman–Crippen LogP) is 2.89. The molecule has 1 aromatic carbocycles. The lowest BCUT2D eigenvalue weighted by molar-refractivity contribution is -0.0472. The fraction of sp³-hybridized carbons (Fsp3) is 0.429. The van der Waals surface area contributed by atoms with E-state index in [1.165, 1.54) is 11.1 Å². The lowest BCUT2D eigenvalue weighted by Crippen LogP contribution is -2.25. The summed E-state index contributed by atoms with van der Waals surface area (Å²) in [5, 5.41) is 0. The summed E-state index contributed by atoms with van der Waals surface area (Å²) in [4.78, 5) is 0. The van der Waals surface area contributed by atoms with Gasteiger partial charge in [0.25, 0.3) is 0 Å². The molecule has 16 heavy (non-hydrogen) atoms. The van der Waals surface area contributed by atoms with E-state index < -0.39 is 0 Å². The molecule has 0 spiro atoms. The molecule has 0 unspecified atom stereocenters. The van der Waals surface area contributed by atoms with Crippen LogP contribution in [0.3, 0.4) is 0 Å². The van der Waals surface area contributed by atoms with Crippen molar-refractivity contribution in [3.05, 3.63) is 47.5 Å². The van der Waals surface area contributed by atoms with Gasteiger partial charge in [-0.25, -0.2) is 0 Å². The molecule has 2 heteroatoms. The van der Waals surface area contributed by atoms with Gasteiger partial charge >= 0.3 is 0 Å². The second kappa shape index (κ2) is 4.40. The first-order chi connectivity index (χ1) is 7.65. The van der Waals surface area contributed by atoms with Gasteiger partial charge in [-0.2, -0.15) is 0 Å². The molecule has 2 nitrogen and oxygen atoms in total. The molecular formula is C14H18O2. The molecule has 0 saturated carbocycles. The minimum Gasteiger partial charge on any atom is -0.382 e. The molecule has 0 aromatic heterocycles. The van der Waals surface area contributed by atoms with Gasteiger partial charge in [0.2, 0.25) is 0 Å². The van der Waals surface area contributed by atoms with Crippen LogP contribution in [0.5, 0.6) is 0 Å². The van der Waals surface area contributed by atoms with Crippen LogP contribution in [0.1, 0.15) is 19.4 Å². The highest BCUT2D eigenvalue weighted by molar-refractivity contribution is 5.32. The summed E-state index contributed by atoms with van der Waals surface area (Å²) in [7, 11) is 1.70. The Morgan fingerprint density at radius 2 is 2.00 bits per heavy atom. The molecular weight excluding hydrogens is 200 g/mol. The van der Waals surface area contributed by atoms with Crippen LogP contribution >= 0.6 is 0 Å². The van der Waals surface area contributed by atoms with E-state index in [1.807, 2.05) is 18.2 Å². The topological polar surface area (TPSA) is 18.5 Å². The number of hydrogen-bond donors (Lipinski definition) is 0. The molecule has 0 saturated heterocycles. The van der Waals surface area contributed by atoms with Gasteiger partial charge in [0.15, 0.2) is 0 Å². The van der Waals surface area contributed by atoms with Crippen molar-refractivity contribution in [2.24, 2.45) is 0 Å². The summed E-state index contributed by atoms with van der Waals surface area (Å²) in [5.74, 6) is 0. The van der Waals surface area contributed by atoms with Crippen LogP contribution in [0, 0.1) is 0 Å². The summed E-state index contributed by atoms with van der Waals surface area (Å²) >= 11 is 0. The molecule has 2 atom stereocenters. The van der Waals surface area contributed by atoms with E-state index in [-0.39, 0.29) is 11.7 Å². The maximum absolute atomic E-state index is 6.07. The number of rotatable bonds is 3. The van der Waals surface area contributed by atoms with Gasteiger partial charge in [0, 0.05) is 7.11 Å². The molecule has 0 fully saturated rings. The molecule has 86 valence electrons. The van der Waals surface area contributed by atoms with E-state index in [1.54, 1.807) is 7.11 Å². The van der Waals surface area contributed by atoms with E-state index in [9.17, 15) is 0 Å². The summed E-state index contributed by atoms with van der Waals surface area (Å²) in [6, 6.07) is 10.3. The standard InChI is InChI=1S/C14H18O2/c1-11-9-14(2,16-13(11)10-15-3)12-7-5-4-6-8-12/h4-9,13H,10H2,1-3H3/t13-,14-/m0/s1. The van der Waals surface area contributed by atoms with Crippen LogP contribution in [0.15, 0.2) is 42.0 Å². The zero-order valence-corrected chi connectivity index (χ0v) is 10.1. The van der Waals surface area contributed by atoms with Gasteiger partial charge in [0.05, 0.1) is 6.61 Å². The molecule has 0 amide bonds.